The molecule has 3 nitrogen and oxygen atoms in total. The Balaban J connectivity index is 2.02. The van der Waals surface area contributed by atoms with Gasteiger partial charge >= 0.3 is 0 Å². The number of rotatable bonds is 2. The molecule has 0 spiro atoms. The topological polar surface area (TPSA) is 46.5 Å². The summed E-state index contributed by atoms with van der Waals surface area (Å²) in [7, 11) is 0.556. The minimum atomic E-state index is -1.12. The van der Waals surface area contributed by atoms with E-state index in [1.807, 2.05) is 0 Å². The molecule has 0 amide bonds. The second-order valence-electron chi connectivity index (χ2n) is 5.41. The van der Waals surface area contributed by atoms with Gasteiger partial charge in [0.15, 0.2) is 11.6 Å². The first-order valence-electron chi connectivity index (χ1n) is 6.50. The van der Waals surface area contributed by atoms with E-state index in [0.29, 0.717) is 18.4 Å². The number of ether oxygens (including phenoxy) is 1. The molecule has 2 saturated heterocycles. The zero-order valence-electron chi connectivity index (χ0n) is 10.8. The fraction of sp³-hybridized carbons (Fsp3) is 0.571. The molecular formula is C14H17FO3S. The standard InChI is InChI=1S/C14H17FO3S/c1-18-13-11(3-2-4-12(13)15)14(16)7-9-5-6-10(8-14)19(9)17/h2-4,9-10,16H,5-8H2,1H3. The van der Waals surface area contributed by atoms with E-state index in [-0.39, 0.29) is 16.2 Å². The highest BCUT2D eigenvalue weighted by Crippen LogP contribution is 2.48. The predicted octanol–water partition coefficient (Wildman–Crippen LogP) is 2.10. The molecule has 0 aliphatic carbocycles. The fourth-order valence-electron chi connectivity index (χ4n) is 3.38. The molecule has 2 fully saturated rings. The summed E-state index contributed by atoms with van der Waals surface area (Å²) in [6, 6.07) is 4.61. The van der Waals surface area contributed by atoms with Crippen LogP contribution >= 0.6 is 0 Å². The molecule has 2 aliphatic heterocycles. The van der Waals surface area contributed by atoms with E-state index in [2.05, 4.69) is 0 Å². The molecule has 2 atom stereocenters. The Hall–Kier alpha value is -0.940. The van der Waals surface area contributed by atoms with Crippen molar-refractivity contribution in [2.24, 2.45) is 0 Å². The Bertz CT molecular complexity index is 515. The van der Waals surface area contributed by atoms with Crippen LogP contribution in [0.25, 0.3) is 0 Å². The summed E-state index contributed by atoms with van der Waals surface area (Å²) >= 11 is 0. The molecule has 19 heavy (non-hydrogen) atoms. The minimum absolute atomic E-state index is 0.0247. The molecule has 1 aromatic carbocycles. The van der Waals surface area contributed by atoms with Crippen LogP contribution in [0.1, 0.15) is 31.2 Å². The fourth-order valence-corrected chi connectivity index (χ4v) is 5.55. The molecule has 104 valence electrons. The Morgan fingerprint density at radius 1 is 1.37 bits per heavy atom. The van der Waals surface area contributed by atoms with Gasteiger partial charge in [-0.1, -0.05) is 12.1 Å². The number of hydrogen-bond donors (Lipinski definition) is 1. The Morgan fingerprint density at radius 3 is 2.58 bits per heavy atom. The molecule has 2 aliphatic rings. The van der Waals surface area contributed by atoms with Crippen molar-refractivity contribution in [3.8, 4) is 5.75 Å². The van der Waals surface area contributed by atoms with Crippen LogP contribution in [-0.2, 0) is 16.4 Å². The lowest BCUT2D eigenvalue weighted by atomic mass is 9.85. The number of fused-ring (bicyclic) bond motifs is 2. The molecule has 3 rings (SSSR count). The summed E-state index contributed by atoms with van der Waals surface area (Å²) in [5.74, 6) is -0.357. The quantitative estimate of drug-likeness (QED) is 0.904. The summed E-state index contributed by atoms with van der Waals surface area (Å²) < 4.78 is 30.9. The van der Waals surface area contributed by atoms with Crippen LogP contribution in [0.15, 0.2) is 18.2 Å². The molecule has 2 bridgehead atoms. The van der Waals surface area contributed by atoms with Crippen molar-refractivity contribution < 1.29 is 18.4 Å². The Morgan fingerprint density at radius 2 is 2.00 bits per heavy atom. The minimum Gasteiger partial charge on any atom is -0.493 e. The van der Waals surface area contributed by atoms with E-state index in [4.69, 9.17) is 4.74 Å². The van der Waals surface area contributed by atoms with Gasteiger partial charge in [0.2, 0.25) is 0 Å². The highest BCUT2D eigenvalue weighted by atomic mass is 32.2. The monoisotopic (exact) mass is 284 g/mol. The third-order valence-electron chi connectivity index (χ3n) is 4.27. The number of benzene rings is 1. The molecule has 1 aromatic rings. The lowest BCUT2D eigenvalue weighted by Crippen LogP contribution is -2.40. The van der Waals surface area contributed by atoms with Crippen molar-refractivity contribution in [1.82, 2.24) is 0 Å². The molecular weight excluding hydrogens is 267 g/mol. The lowest BCUT2D eigenvalue weighted by Gasteiger charge is -2.36. The average Bonchev–Trinajstić information content (AvgIpc) is 2.63. The maximum absolute atomic E-state index is 13.8. The normalized spacial score (nSPS) is 37.3. The lowest BCUT2D eigenvalue weighted by molar-refractivity contribution is 0.0158. The molecule has 2 heterocycles. The number of methoxy groups -OCH3 is 1. The maximum atomic E-state index is 13.8. The zero-order valence-corrected chi connectivity index (χ0v) is 11.6. The van der Waals surface area contributed by atoms with Gasteiger partial charge in [-0.2, -0.15) is 0 Å². The van der Waals surface area contributed by atoms with Crippen molar-refractivity contribution in [1.29, 1.82) is 0 Å². The van der Waals surface area contributed by atoms with Crippen LogP contribution in [0, 0.1) is 5.82 Å². The third kappa shape index (κ3) is 1.99. The molecule has 1 N–H and O–H groups in total. The second kappa shape index (κ2) is 4.56. The van der Waals surface area contributed by atoms with Crippen molar-refractivity contribution >= 4 is 10.8 Å². The second-order valence-corrected chi connectivity index (χ2v) is 7.40. The van der Waals surface area contributed by atoms with Crippen LogP contribution in [0.2, 0.25) is 0 Å². The van der Waals surface area contributed by atoms with E-state index in [9.17, 15) is 13.7 Å². The van der Waals surface area contributed by atoms with Crippen molar-refractivity contribution in [3.63, 3.8) is 0 Å². The number of halogens is 1. The predicted molar refractivity (Wildman–Crippen MR) is 71.0 cm³/mol. The number of hydrogen-bond acceptors (Lipinski definition) is 3. The van der Waals surface area contributed by atoms with Crippen molar-refractivity contribution in [2.75, 3.05) is 7.11 Å². The Kier molecular flexibility index (Phi) is 3.14. The summed E-state index contributed by atoms with van der Waals surface area (Å²) in [6.07, 6.45) is 2.63. The third-order valence-corrected chi connectivity index (χ3v) is 6.39. The molecule has 5 heteroatoms. The molecule has 0 aromatic heterocycles. The van der Waals surface area contributed by atoms with Gasteiger partial charge < -0.3 is 9.84 Å². The van der Waals surface area contributed by atoms with E-state index in [1.54, 1.807) is 12.1 Å². The van der Waals surface area contributed by atoms with Crippen LogP contribution in [0.3, 0.4) is 0 Å². The van der Waals surface area contributed by atoms with E-state index < -0.39 is 22.2 Å². The first-order chi connectivity index (χ1) is 9.05. The molecule has 0 saturated carbocycles. The van der Waals surface area contributed by atoms with Crippen LogP contribution in [-0.4, -0.2) is 26.9 Å². The summed E-state index contributed by atoms with van der Waals surface area (Å²) in [6.45, 7) is 0. The maximum Gasteiger partial charge on any atom is 0.165 e. The first-order valence-corrected chi connectivity index (χ1v) is 7.77. The summed E-state index contributed by atoms with van der Waals surface area (Å²) in [5.41, 5.74) is -0.628. The van der Waals surface area contributed by atoms with Crippen molar-refractivity contribution in [2.45, 2.75) is 41.8 Å². The van der Waals surface area contributed by atoms with Gasteiger partial charge in [-0.05, 0) is 31.7 Å². The summed E-state index contributed by atoms with van der Waals surface area (Å²) in [4.78, 5) is 0. The largest absolute Gasteiger partial charge is 0.493 e. The van der Waals surface area contributed by atoms with E-state index in [0.717, 1.165) is 12.8 Å². The first kappa shape index (κ1) is 13.1. The highest BCUT2D eigenvalue weighted by Gasteiger charge is 2.49. The van der Waals surface area contributed by atoms with Gasteiger partial charge in [-0.3, -0.25) is 4.21 Å². The average molecular weight is 284 g/mol. The van der Waals surface area contributed by atoms with E-state index >= 15 is 0 Å². The van der Waals surface area contributed by atoms with Crippen molar-refractivity contribution in [3.05, 3.63) is 29.6 Å². The van der Waals surface area contributed by atoms with Gasteiger partial charge in [-0.25, -0.2) is 4.39 Å². The van der Waals surface area contributed by atoms with Crippen LogP contribution in [0.4, 0.5) is 4.39 Å². The van der Waals surface area contributed by atoms with Crippen LogP contribution < -0.4 is 4.74 Å². The number of para-hydroxylation sites is 1. The van der Waals surface area contributed by atoms with Gasteiger partial charge in [-0.15, -0.1) is 0 Å². The SMILES string of the molecule is COc1c(F)cccc1C1(O)CC2CCC(C1)S2=O. The van der Waals surface area contributed by atoms with E-state index in [1.165, 1.54) is 13.2 Å². The Labute approximate surface area is 114 Å². The highest BCUT2D eigenvalue weighted by molar-refractivity contribution is 7.86. The van der Waals surface area contributed by atoms with Crippen LogP contribution in [0.5, 0.6) is 5.75 Å². The summed E-state index contributed by atoms with van der Waals surface area (Å²) in [5, 5.41) is 10.9. The van der Waals surface area contributed by atoms with Gasteiger partial charge in [0, 0.05) is 26.9 Å². The smallest absolute Gasteiger partial charge is 0.165 e. The zero-order chi connectivity index (χ0) is 13.6. The molecule has 0 radical (unpaired) electrons. The number of aliphatic hydroxyl groups is 1. The van der Waals surface area contributed by atoms with Gasteiger partial charge in [0.1, 0.15) is 0 Å². The van der Waals surface area contributed by atoms with Gasteiger partial charge in [0.25, 0.3) is 0 Å². The molecule has 2 unspecified atom stereocenters. The van der Waals surface area contributed by atoms with Gasteiger partial charge in [0.05, 0.1) is 12.7 Å².